The summed E-state index contributed by atoms with van der Waals surface area (Å²) < 4.78 is 30.9. The SMILES string of the molecule is CCC1c2nnc(C)n2-c2cnc(-c3ccncc3NS(=O)(=O)c3ccccc3)nc2N1C1CCCC1. The molecule has 190 valence electrons. The van der Waals surface area contributed by atoms with Gasteiger partial charge in [-0.05, 0) is 44.4 Å². The maximum atomic E-state index is 13.1. The molecule has 1 aromatic carbocycles. The Morgan fingerprint density at radius 3 is 2.59 bits per heavy atom. The van der Waals surface area contributed by atoms with Crippen LogP contribution in [0.1, 0.15) is 56.7 Å². The number of sulfonamides is 1. The van der Waals surface area contributed by atoms with Gasteiger partial charge in [0.2, 0.25) is 0 Å². The smallest absolute Gasteiger partial charge is 0.261 e. The number of nitrogens with zero attached hydrogens (tertiary/aromatic N) is 7. The van der Waals surface area contributed by atoms with E-state index in [1.54, 1.807) is 48.8 Å². The first-order valence-corrected chi connectivity index (χ1v) is 14.1. The van der Waals surface area contributed by atoms with Crippen LogP contribution in [0.25, 0.3) is 17.1 Å². The second-order valence-electron chi connectivity index (χ2n) is 9.45. The number of nitrogens with one attached hydrogen (secondary N) is 1. The summed E-state index contributed by atoms with van der Waals surface area (Å²) >= 11 is 0. The van der Waals surface area contributed by atoms with Gasteiger partial charge in [0.05, 0.1) is 29.0 Å². The molecule has 0 amide bonds. The van der Waals surface area contributed by atoms with Gasteiger partial charge >= 0.3 is 0 Å². The average Bonchev–Trinajstić information content (AvgIpc) is 3.58. The first-order valence-electron chi connectivity index (χ1n) is 12.6. The fourth-order valence-electron chi connectivity index (χ4n) is 5.47. The fraction of sp³-hybridized carbons (Fsp3) is 0.346. The molecule has 10 nitrogen and oxygen atoms in total. The Bertz CT molecular complexity index is 1550. The van der Waals surface area contributed by atoms with E-state index in [9.17, 15) is 8.42 Å². The van der Waals surface area contributed by atoms with Gasteiger partial charge in [0.25, 0.3) is 10.0 Å². The molecule has 2 aliphatic rings. The lowest BCUT2D eigenvalue weighted by Gasteiger charge is -2.41. The van der Waals surface area contributed by atoms with E-state index in [1.807, 2.05) is 11.5 Å². The summed E-state index contributed by atoms with van der Waals surface area (Å²) in [5, 5.41) is 8.89. The largest absolute Gasteiger partial charge is 0.342 e. The predicted molar refractivity (Wildman–Crippen MR) is 140 cm³/mol. The van der Waals surface area contributed by atoms with Gasteiger partial charge in [0.15, 0.2) is 17.5 Å². The van der Waals surface area contributed by atoms with Crippen molar-refractivity contribution in [3.63, 3.8) is 0 Å². The number of hydrogen-bond acceptors (Lipinski definition) is 8. The van der Waals surface area contributed by atoms with Gasteiger partial charge in [-0.1, -0.05) is 38.0 Å². The van der Waals surface area contributed by atoms with Crippen molar-refractivity contribution in [2.24, 2.45) is 0 Å². The highest BCUT2D eigenvalue weighted by Crippen LogP contribution is 2.44. The highest BCUT2D eigenvalue weighted by molar-refractivity contribution is 7.92. The third kappa shape index (κ3) is 4.03. The van der Waals surface area contributed by atoms with Crippen LogP contribution >= 0.6 is 0 Å². The zero-order valence-electron chi connectivity index (χ0n) is 20.7. The maximum absolute atomic E-state index is 13.1. The third-order valence-electron chi connectivity index (χ3n) is 7.18. The summed E-state index contributed by atoms with van der Waals surface area (Å²) in [6.45, 7) is 4.10. The lowest BCUT2D eigenvalue weighted by Crippen LogP contribution is -2.42. The van der Waals surface area contributed by atoms with Gasteiger partial charge in [-0.15, -0.1) is 10.2 Å². The number of aromatic nitrogens is 6. The summed E-state index contributed by atoms with van der Waals surface area (Å²) in [5.41, 5.74) is 1.73. The van der Waals surface area contributed by atoms with Crippen molar-refractivity contribution in [1.82, 2.24) is 29.7 Å². The topological polar surface area (TPSA) is 119 Å². The van der Waals surface area contributed by atoms with Crippen LogP contribution in [0.3, 0.4) is 0 Å². The van der Waals surface area contributed by atoms with Crippen molar-refractivity contribution in [3.05, 3.63) is 66.6 Å². The molecule has 1 fully saturated rings. The van der Waals surface area contributed by atoms with Crippen LogP contribution in [0, 0.1) is 6.92 Å². The Morgan fingerprint density at radius 2 is 1.84 bits per heavy atom. The van der Waals surface area contributed by atoms with E-state index in [1.165, 1.54) is 19.0 Å². The predicted octanol–water partition coefficient (Wildman–Crippen LogP) is 4.44. The Hall–Kier alpha value is -3.86. The van der Waals surface area contributed by atoms with Crippen LogP contribution in [-0.4, -0.2) is 44.2 Å². The number of hydrogen-bond donors (Lipinski definition) is 1. The molecule has 37 heavy (non-hydrogen) atoms. The second kappa shape index (κ2) is 9.22. The Kier molecular flexibility index (Phi) is 5.86. The average molecular weight is 517 g/mol. The molecule has 1 N–H and O–H groups in total. The zero-order chi connectivity index (χ0) is 25.6. The summed E-state index contributed by atoms with van der Waals surface area (Å²) in [5.74, 6) is 2.96. The normalized spacial score (nSPS) is 17.5. The molecule has 11 heteroatoms. The van der Waals surface area contributed by atoms with Gasteiger partial charge in [0.1, 0.15) is 11.5 Å². The van der Waals surface area contributed by atoms with Crippen LogP contribution in [-0.2, 0) is 10.0 Å². The Labute approximate surface area is 215 Å². The minimum Gasteiger partial charge on any atom is -0.342 e. The quantitative estimate of drug-likeness (QED) is 0.399. The van der Waals surface area contributed by atoms with E-state index in [0.29, 0.717) is 23.1 Å². The van der Waals surface area contributed by atoms with Crippen molar-refractivity contribution < 1.29 is 8.42 Å². The summed E-state index contributed by atoms with van der Waals surface area (Å²) in [6.07, 6.45) is 10.3. The molecular weight excluding hydrogens is 488 g/mol. The second-order valence-corrected chi connectivity index (χ2v) is 11.1. The van der Waals surface area contributed by atoms with Crippen LogP contribution in [0.5, 0.6) is 0 Å². The van der Waals surface area contributed by atoms with Crippen LogP contribution in [0.2, 0.25) is 0 Å². The van der Waals surface area contributed by atoms with Gasteiger partial charge in [-0.2, -0.15) is 0 Å². The minimum atomic E-state index is -3.81. The summed E-state index contributed by atoms with van der Waals surface area (Å²) in [4.78, 5) is 16.5. The molecule has 0 saturated heterocycles. The highest BCUT2D eigenvalue weighted by Gasteiger charge is 2.39. The van der Waals surface area contributed by atoms with Crippen LogP contribution < -0.4 is 9.62 Å². The van der Waals surface area contributed by atoms with Crippen molar-refractivity contribution in [2.75, 3.05) is 9.62 Å². The lowest BCUT2D eigenvalue weighted by molar-refractivity contribution is 0.468. The van der Waals surface area contributed by atoms with Gasteiger partial charge in [-0.3, -0.25) is 14.3 Å². The van der Waals surface area contributed by atoms with Gasteiger partial charge in [0, 0.05) is 17.8 Å². The number of benzene rings is 1. The number of pyridine rings is 1. The van der Waals surface area contributed by atoms with Crippen molar-refractivity contribution in [3.8, 4) is 17.1 Å². The van der Waals surface area contributed by atoms with Crippen molar-refractivity contribution in [1.29, 1.82) is 0 Å². The Balaban J connectivity index is 1.47. The first-order chi connectivity index (χ1) is 18.0. The van der Waals surface area contributed by atoms with Gasteiger partial charge < -0.3 is 4.90 Å². The van der Waals surface area contributed by atoms with E-state index in [4.69, 9.17) is 4.98 Å². The molecule has 4 heterocycles. The highest BCUT2D eigenvalue weighted by atomic mass is 32.2. The molecule has 0 radical (unpaired) electrons. The standard InChI is InChI=1S/C26H28N8O2S/c1-3-22-26-31-30-17(2)33(26)23-16-28-24(29-25(23)34(22)18-9-7-8-10-18)20-13-14-27-15-21(20)32-37(35,36)19-11-5-4-6-12-19/h4-6,11-16,18,22,32H,3,7-10H2,1-2H3. The number of fused-ring (bicyclic) bond motifs is 3. The number of anilines is 2. The minimum absolute atomic E-state index is 0.0491. The molecular formula is C26H28N8O2S. The van der Waals surface area contributed by atoms with Gasteiger partial charge in [-0.25, -0.2) is 18.4 Å². The van der Waals surface area contributed by atoms with E-state index < -0.39 is 10.0 Å². The molecule has 0 spiro atoms. The first kappa shape index (κ1) is 23.5. The lowest BCUT2D eigenvalue weighted by atomic mass is 10.0. The monoisotopic (exact) mass is 516 g/mol. The van der Waals surface area contributed by atoms with Crippen LogP contribution in [0.15, 0.2) is 59.9 Å². The number of rotatable bonds is 6. The Morgan fingerprint density at radius 1 is 1.05 bits per heavy atom. The van der Waals surface area contributed by atoms with E-state index in [0.717, 1.165) is 42.4 Å². The third-order valence-corrected chi connectivity index (χ3v) is 8.57. The molecule has 1 atom stereocenters. The zero-order valence-corrected chi connectivity index (χ0v) is 21.6. The van der Waals surface area contributed by atoms with Crippen molar-refractivity contribution >= 4 is 21.5 Å². The number of aryl methyl sites for hydroxylation is 1. The van der Waals surface area contributed by atoms with E-state index in [2.05, 4.69) is 36.7 Å². The molecule has 1 aliphatic heterocycles. The summed E-state index contributed by atoms with van der Waals surface area (Å²) in [6, 6.07) is 10.4. The molecule has 3 aromatic heterocycles. The molecule has 1 saturated carbocycles. The van der Waals surface area contributed by atoms with E-state index in [-0.39, 0.29) is 10.9 Å². The van der Waals surface area contributed by atoms with E-state index >= 15 is 0 Å². The maximum Gasteiger partial charge on any atom is 0.261 e. The van der Waals surface area contributed by atoms with Crippen molar-refractivity contribution in [2.45, 2.75) is 62.9 Å². The van der Waals surface area contributed by atoms with Crippen LogP contribution in [0.4, 0.5) is 11.5 Å². The molecule has 1 aliphatic carbocycles. The molecule has 0 bridgehead atoms. The molecule has 6 rings (SSSR count). The fourth-order valence-corrected chi connectivity index (χ4v) is 6.56. The molecule has 4 aromatic rings. The molecule has 1 unspecified atom stereocenters. The summed E-state index contributed by atoms with van der Waals surface area (Å²) in [7, 11) is -3.81.